The van der Waals surface area contributed by atoms with Gasteiger partial charge in [-0.3, -0.25) is 4.57 Å². The van der Waals surface area contributed by atoms with E-state index >= 15 is 0 Å². The molecular formula is H3FFeNaO2PV. The molecule has 7 heteroatoms. The van der Waals surface area contributed by atoms with Crippen molar-refractivity contribution in [3.05, 3.63) is 0 Å². The second-order valence-corrected chi connectivity index (χ2v) is 0.759. The fourth-order valence-corrected chi connectivity index (χ4v) is 0. The first-order valence-corrected chi connectivity index (χ1v) is 1.85. The summed E-state index contributed by atoms with van der Waals surface area (Å²) in [5, 5.41) is 0. The van der Waals surface area contributed by atoms with Crippen LogP contribution in [0.4, 0.5) is 4.20 Å². The van der Waals surface area contributed by atoms with E-state index in [1.807, 2.05) is 0 Å². The van der Waals surface area contributed by atoms with Gasteiger partial charge in [0.05, 0.1) is 0 Å². The van der Waals surface area contributed by atoms with Gasteiger partial charge in [0, 0.05) is 35.6 Å². The van der Waals surface area contributed by atoms with Gasteiger partial charge in [-0.05, 0) is 0 Å². The number of hydrogen-bond donors (Lipinski definition) is 1. The predicted molar refractivity (Wildman–Crippen MR) is 13.4 cm³/mol. The Bertz CT molecular complexity index is 45.0. The monoisotopic (exact) mass is 215 g/mol. The van der Waals surface area contributed by atoms with Crippen molar-refractivity contribution in [3.63, 3.8) is 0 Å². The third-order valence-corrected chi connectivity index (χ3v) is 0. The van der Waals surface area contributed by atoms with Crippen molar-refractivity contribution in [1.82, 2.24) is 0 Å². The third kappa shape index (κ3) is 64.4. The van der Waals surface area contributed by atoms with Crippen LogP contribution < -0.4 is 29.6 Å². The first-order chi connectivity index (χ1) is 1.73. The predicted octanol–water partition coefficient (Wildman–Crippen LogP) is -2.55. The first-order valence-electron chi connectivity index (χ1n) is 0.617. The largest absolute Gasteiger partial charge is 1.00 e. The molecule has 0 spiro atoms. The molecule has 0 aliphatic carbocycles. The molecule has 0 fully saturated rings. The molecule has 0 aliphatic rings. The molecule has 0 saturated carbocycles. The van der Waals surface area contributed by atoms with E-state index in [-0.39, 0.29) is 66.6 Å². The van der Waals surface area contributed by atoms with Gasteiger partial charge in [-0.2, -0.15) is 4.20 Å². The van der Waals surface area contributed by atoms with E-state index in [9.17, 15) is 4.20 Å². The normalized spacial score (nSPS) is 8.86. The molecule has 0 aromatic rings. The van der Waals surface area contributed by atoms with E-state index in [0.717, 1.165) is 0 Å². The molecule has 0 bridgehead atoms. The van der Waals surface area contributed by atoms with Gasteiger partial charge in [-0.25, -0.2) is 0 Å². The van der Waals surface area contributed by atoms with Gasteiger partial charge in [0.25, 0.3) is 0 Å². The van der Waals surface area contributed by atoms with Gasteiger partial charge in [0.15, 0.2) is 0 Å². The van der Waals surface area contributed by atoms with Gasteiger partial charge in [0.2, 0.25) is 0 Å². The number of rotatable bonds is 0. The molecule has 2 nitrogen and oxygen atoms in total. The standard InChI is InChI=1S/FH2O2P.Fe.Na.V.H/c1-4(2)3;;;;/h4H,(H,2,3);;;;/q;;+1;;-1. The summed E-state index contributed by atoms with van der Waals surface area (Å²) in [5.41, 5.74) is 0. The Hall–Kier alpha value is 2.22. The topological polar surface area (TPSA) is 37.3 Å². The Labute approximate surface area is 87.7 Å². The van der Waals surface area contributed by atoms with Crippen LogP contribution in [0.2, 0.25) is 0 Å². The second-order valence-electron chi connectivity index (χ2n) is 0.253. The van der Waals surface area contributed by atoms with Crippen molar-refractivity contribution in [3.8, 4) is 0 Å². The van der Waals surface area contributed by atoms with E-state index in [4.69, 9.17) is 9.46 Å². The Morgan fingerprint density at radius 1 is 1.71 bits per heavy atom. The summed E-state index contributed by atoms with van der Waals surface area (Å²) < 4.78 is 18.6. The molecule has 0 heterocycles. The molecule has 0 amide bonds. The Morgan fingerprint density at radius 3 is 1.71 bits per heavy atom. The SMILES string of the molecule is O=[PH](O)F.[Fe].[H-].[Na+].[V]. The summed E-state index contributed by atoms with van der Waals surface area (Å²) in [5.74, 6) is 0. The van der Waals surface area contributed by atoms with E-state index in [1.165, 1.54) is 0 Å². The maximum atomic E-state index is 10.1. The van der Waals surface area contributed by atoms with Crippen LogP contribution in [0.25, 0.3) is 0 Å². The Morgan fingerprint density at radius 2 is 1.71 bits per heavy atom. The summed E-state index contributed by atoms with van der Waals surface area (Å²) in [4.78, 5) is 6.94. The van der Waals surface area contributed by atoms with Crippen LogP contribution in [-0.4, -0.2) is 4.89 Å². The minimum atomic E-state index is -3.63. The van der Waals surface area contributed by atoms with E-state index < -0.39 is 8.34 Å². The second kappa shape index (κ2) is 15.7. The summed E-state index contributed by atoms with van der Waals surface area (Å²) in [6.07, 6.45) is 0. The molecular weight excluding hydrogens is 212 g/mol. The Balaban J connectivity index is -0.00000000750. The van der Waals surface area contributed by atoms with Crippen LogP contribution in [-0.2, 0) is 40.2 Å². The molecule has 0 rings (SSSR count). The molecule has 1 atom stereocenters. The average molecular weight is 215 g/mol. The van der Waals surface area contributed by atoms with Crippen LogP contribution in [0.15, 0.2) is 0 Å². The minimum Gasteiger partial charge on any atom is -1.00 e. The van der Waals surface area contributed by atoms with Gasteiger partial charge < -0.3 is 6.32 Å². The molecule has 1 N–H and O–H groups in total. The molecule has 0 saturated heterocycles. The average Bonchev–Trinajstić information content (AvgIpc) is 0.811. The van der Waals surface area contributed by atoms with Crippen molar-refractivity contribution in [2.45, 2.75) is 0 Å². The number of hydrogen-bond acceptors (Lipinski definition) is 1. The quantitative estimate of drug-likeness (QED) is 0.356. The smallest absolute Gasteiger partial charge is 1.00 e. The van der Waals surface area contributed by atoms with Crippen molar-refractivity contribution in [2.75, 3.05) is 0 Å². The van der Waals surface area contributed by atoms with Gasteiger partial charge in [-0.1, -0.05) is 0 Å². The molecule has 1 unspecified atom stereocenters. The van der Waals surface area contributed by atoms with E-state index in [2.05, 4.69) is 0 Å². The minimum absolute atomic E-state index is 0. The number of halogens is 1. The van der Waals surface area contributed by atoms with Crippen LogP contribution in [0.5, 0.6) is 0 Å². The van der Waals surface area contributed by atoms with Gasteiger partial charge >= 0.3 is 37.9 Å². The van der Waals surface area contributed by atoms with Crippen molar-refractivity contribution < 1.29 is 80.3 Å². The Kier molecular flexibility index (Phi) is 51.4. The summed E-state index contributed by atoms with van der Waals surface area (Å²) in [6, 6.07) is 0. The zero-order valence-corrected chi connectivity index (χ0v) is 9.04. The van der Waals surface area contributed by atoms with Crippen molar-refractivity contribution >= 4 is 8.34 Å². The summed E-state index contributed by atoms with van der Waals surface area (Å²) in [6.45, 7) is 0. The van der Waals surface area contributed by atoms with E-state index in [1.54, 1.807) is 0 Å². The molecule has 0 aromatic heterocycles. The van der Waals surface area contributed by atoms with Crippen LogP contribution in [0, 0.1) is 0 Å². The van der Waals surface area contributed by atoms with Crippen molar-refractivity contribution in [2.24, 2.45) is 0 Å². The fraction of sp³-hybridized carbons (Fsp3) is 0. The summed E-state index contributed by atoms with van der Waals surface area (Å²) >= 11 is 0. The maximum absolute atomic E-state index is 10.1. The third-order valence-electron chi connectivity index (χ3n) is 0. The zero-order valence-electron chi connectivity index (χ0n) is 4.53. The van der Waals surface area contributed by atoms with Gasteiger partial charge in [-0.15, -0.1) is 0 Å². The van der Waals surface area contributed by atoms with Crippen LogP contribution in [0.1, 0.15) is 1.43 Å². The van der Waals surface area contributed by atoms with Crippen LogP contribution >= 0.6 is 8.34 Å². The van der Waals surface area contributed by atoms with Crippen LogP contribution in [0.3, 0.4) is 0 Å². The fourth-order valence-electron chi connectivity index (χ4n) is 0. The summed E-state index contributed by atoms with van der Waals surface area (Å²) in [7, 11) is -3.63. The first kappa shape index (κ1) is 22.9. The molecule has 0 aliphatic heterocycles. The maximum Gasteiger partial charge on any atom is 1.00 e. The molecule has 7 heavy (non-hydrogen) atoms. The molecule has 0 aromatic carbocycles. The molecule has 41 valence electrons. The van der Waals surface area contributed by atoms with Gasteiger partial charge in [0.1, 0.15) is 0 Å². The van der Waals surface area contributed by atoms with E-state index in [0.29, 0.717) is 0 Å². The zero-order chi connectivity index (χ0) is 3.58. The van der Waals surface area contributed by atoms with Crippen molar-refractivity contribution in [1.29, 1.82) is 0 Å². The molecule has 1 radical (unpaired) electrons.